The highest BCUT2D eigenvalue weighted by Gasteiger charge is 2.13. The predicted molar refractivity (Wildman–Crippen MR) is 97.1 cm³/mol. The number of ether oxygens (including phenoxy) is 1. The number of rotatable bonds is 7. The number of aromatic nitrogens is 1. The van der Waals surface area contributed by atoms with Gasteiger partial charge in [-0.15, -0.1) is 0 Å². The SMILES string of the molecule is O=C(O)COc1c(Br)cc(/C=N\Nc2ncccc2[N+](=O)[O-])cc1Br. The molecule has 2 rings (SSSR count). The van der Waals surface area contributed by atoms with Crippen LogP contribution in [-0.4, -0.2) is 33.8 Å². The van der Waals surface area contributed by atoms with Gasteiger partial charge in [-0.1, -0.05) is 0 Å². The van der Waals surface area contributed by atoms with Crippen LogP contribution in [0.4, 0.5) is 11.5 Å². The average Bonchev–Trinajstić information content (AvgIpc) is 2.54. The smallest absolute Gasteiger partial charge is 0.341 e. The van der Waals surface area contributed by atoms with E-state index in [1.165, 1.54) is 24.5 Å². The Morgan fingerprint density at radius 2 is 2.12 bits per heavy atom. The van der Waals surface area contributed by atoms with Crippen LogP contribution in [0.2, 0.25) is 0 Å². The summed E-state index contributed by atoms with van der Waals surface area (Å²) in [6.45, 7) is -0.477. The largest absolute Gasteiger partial charge is 0.480 e. The number of nitro groups is 1. The minimum atomic E-state index is -1.09. The van der Waals surface area contributed by atoms with Gasteiger partial charge in [0.1, 0.15) is 5.75 Å². The van der Waals surface area contributed by atoms with Crippen molar-refractivity contribution in [3.05, 3.63) is 55.1 Å². The third-order valence-electron chi connectivity index (χ3n) is 2.73. The topological polar surface area (TPSA) is 127 Å². The normalized spacial score (nSPS) is 10.6. The summed E-state index contributed by atoms with van der Waals surface area (Å²) in [4.78, 5) is 24.8. The van der Waals surface area contributed by atoms with Crippen molar-refractivity contribution in [1.29, 1.82) is 0 Å². The number of nitrogens with zero attached hydrogens (tertiary/aromatic N) is 3. The van der Waals surface area contributed by atoms with Gasteiger partial charge in [0.2, 0.25) is 5.82 Å². The average molecular weight is 474 g/mol. The molecule has 0 unspecified atom stereocenters. The molecule has 0 saturated carbocycles. The Morgan fingerprint density at radius 1 is 1.44 bits per heavy atom. The summed E-state index contributed by atoms with van der Waals surface area (Å²) in [5, 5.41) is 23.5. The summed E-state index contributed by atoms with van der Waals surface area (Å²) in [6.07, 6.45) is 2.83. The number of anilines is 1. The van der Waals surface area contributed by atoms with Gasteiger partial charge in [-0.3, -0.25) is 15.5 Å². The zero-order valence-corrected chi connectivity index (χ0v) is 15.5. The van der Waals surface area contributed by atoms with Gasteiger partial charge >= 0.3 is 11.7 Å². The van der Waals surface area contributed by atoms with E-state index in [1.54, 1.807) is 12.1 Å². The highest BCUT2D eigenvalue weighted by atomic mass is 79.9. The van der Waals surface area contributed by atoms with E-state index in [1.807, 2.05) is 0 Å². The molecule has 0 bridgehead atoms. The molecule has 2 aromatic rings. The third-order valence-corrected chi connectivity index (χ3v) is 3.91. The number of carboxylic acids is 1. The first-order chi connectivity index (χ1) is 11.9. The number of hydrazone groups is 1. The van der Waals surface area contributed by atoms with Crippen LogP contribution in [0.3, 0.4) is 0 Å². The Hall–Kier alpha value is -2.53. The molecule has 11 heteroatoms. The number of hydrogen-bond donors (Lipinski definition) is 2. The fourth-order valence-corrected chi connectivity index (χ4v) is 3.17. The van der Waals surface area contributed by atoms with Crippen molar-refractivity contribution in [2.45, 2.75) is 0 Å². The van der Waals surface area contributed by atoms with Crippen LogP contribution in [0.15, 0.2) is 44.5 Å². The number of pyridine rings is 1. The molecule has 0 aliphatic rings. The van der Waals surface area contributed by atoms with Gasteiger partial charge in [0.15, 0.2) is 6.61 Å². The van der Waals surface area contributed by atoms with E-state index in [0.29, 0.717) is 20.3 Å². The lowest BCUT2D eigenvalue weighted by atomic mass is 10.2. The lowest BCUT2D eigenvalue weighted by Gasteiger charge is -2.09. The third kappa shape index (κ3) is 5.22. The summed E-state index contributed by atoms with van der Waals surface area (Å²) < 4.78 is 6.20. The second-order valence-electron chi connectivity index (χ2n) is 4.49. The highest BCUT2D eigenvalue weighted by molar-refractivity contribution is 9.11. The Balaban J connectivity index is 2.14. The highest BCUT2D eigenvalue weighted by Crippen LogP contribution is 2.34. The van der Waals surface area contributed by atoms with Gasteiger partial charge in [-0.25, -0.2) is 9.78 Å². The lowest BCUT2D eigenvalue weighted by molar-refractivity contribution is -0.384. The Labute approximate surface area is 158 Å². The summed E-state index contributed by atoms with van der Waals surface area (Å²) in [7, 11) is 0. The maximum absolute atomic E-state index is 10.9. The lowest BCUT2D eigenvalue weighted by Crippen LogP contribution is -2.10. The maximum atomic E-state index is 10.9. The molecule has 0 aliphatic carbocycles. The fraction of sp³-hybridized carbons (Fsp3) is 0.0714. The number of halogens is 2. The second kappa shape index (κ2) is 8.53. The second-order valence-corrected chi connectivity index (χ2v) is 6.20. The Kier molecular flexibility index (Phi) is 6.42. The minimum absolute atomic E-state index is 0.0169. The van der Waals surface area contributed by atoms with E-state index < -0.39 is 17.5 Å². The molecule has 0 atom stereocenters. The van der Waals surface area contributed by atoms with Crippen molar-refractivity contribution < 1.29 is 19.6 Å². The summed E-state index contributed by atoms with van der Waals surface area (Å²) in [5.74, 6) is -0.734. The maximum Gasteiger partial charge on any atom is 0.341 e. The molecule has 0 spiro atoms. The molecule has 130 valence electrons. The number of hydrogen-bond acceptors (Lipinski definition) is 7. The van der Waals surface area contributed by atoms with Crippen molar-refractivity contribution in [2.75, 3.05) is 12.0 Å². The number of carbonyl (C=O) groups is 1. The molecule has 25 heavy (non-hydrogen) atoms. The quantitative estimate of drug-likeness (QED) is 0.358. The van der Waals surface area contributed by atoms with Gasteiger partial charge in [0, 0.05) is 12.3 Å². The zero-order valence-electron chi connectivity index (χ0n) is 12.3. The van der Waals surface area contributed by atoms with Crippen LogP contribution in [0.1, 0.15) is 5.56 Å². The number of aliphatic carboxylic acids is 1. The van der Waals surface area contributed by atoms with Crippen LogP contribution in [-0.2, 0) is 4.79 Å². The van der Waals surface area contributed by atoms with Crippen molar-refractivity contribution in [1.82, 2.24) is 4.98 Å². The van der Waals surface area contributed by atoms with Crippen LogP contribution in [0, 0.1) is 10.1 Å². The summed E-state index contributed by atoms with van der Waals surface area (Å²) >= 11 is 6.57. The first-order valence-corrected chi connectivity index (χ1v) is 8.19. The molecule has 0 radical (unpaired) electrons. The van der Waals surface area contributed by atoms with Crippen LogP contribution >= 0.6 is 31.9 Å². The van der Waals surface area contributed by atoms with Crippen molar-refractivity contribution >= 4 is 55.5 Å². The predicted octanol–water partition coefficient (Wildman–Crippen LogP) is 3.42. The molecule has 0 fully saturated rings. The van der Waals surface area contributed by atoms with Gasteiger partial charge < -0.3 is 9.84 Å². The van der Waals surface area contributed by atoms with Crippen LogP contribution in [0.25, 0.3) is 0 Å². The molecule has 9 nitrogen and oxygen atoms in total. The number of carboxylic acid groups (broad SMARTS) is 1. The minimum Gasteiger partial charge on any atom is -0.480 e. The molecule has 2 N–H and O–H groups in total. The Morgan fingerprint density at radius 3 is 2.72 bits per heavy atom. The number of benzene rings is 1. The van der Waals surface area contributed by atoms with Gasteiger partial charge in [-0.2, -0.15) is 5.10 Å². The zero-order chi connectivity index (χ0) is 18.4. The van der Waals surface area contributed by atoms with Crippen molar-refractivity contribution in [3.63, 3.8) is 0 Å². The Bertz CT molecular complexity index is 821. The van der Waals surface area contributed by atoms with E-state index in [0.717, 1.165) is 0 Å². The standard InChI is InChI=1S/C14H10Br2N4O5/c15-9-4-8(5-10(16)13(9)25-7-12(21)22)6-18-19-14-11(20(23)24)2-1-3-17-14/h1-6H,7H2,(H,17,19)(H,21,22)/b18-6-. The van der Waals surface area contributed by atoms with Gasteiger partial charge in [-0.05, 0) is 55.6 Å². The van der Waals surface area contributed by atoms with Crippen molar-refractivity contribution in [2.24, 2.45) is 5.10 Å². The van der Waals surface area contributed by atoms with Gasteiger partial charge in [0.25, 0.3) is 0 Å². The molecule has 1 aromatic carbocycles. The molecule has 0 saturated heterocycles. The van der Waals surface area contributed by atoms with E-state index in [9.17, 15) is 14.9 Å². The van der Waals surface area contributed by atoms with E-state index in [-0.39, 0.29) is 11.5 Å². The molecule has 1 aromatic heterocycles. The van der Waals surface area contributed by atoms with Gasteiger partial charge in [0.05, 0.1) is 20.1 Å². The van der Waals surface area contributed by atoms with Crippen molar-refractivity contribution in [3.8, 4) is 5.75 Å². The van der Waals surface area contributed by atoms with E-state index in [2.05, 4.69) is 47.4 Å². The first-order valence-electron chi connectivity index (χ1n) is 6.60. The molecule has 0 amide bonds. The first kappa shape index (κ1) is 18.8. The van der Waals surface area contributed by atoms with Crippen LogP contribution in [0.5, 0.6) is 5.75 Å². The molecule has 0 aliphatic heterocycles. The summed E-state index contributed by atoms with van der Waals surface area (Å²) in [6, 6.07) is 6.07. The number of nitrogens with one attached hydrogen (secondary N) is 1. The van der Waals surface area contributed by atoms with E-state index >= 15 is 0 Å². The molecular weight excluding hydrogens is 464 g/mol. The molecule has 1 heterocycles. The monoisotopic (exact) mass is 472 g/mol. The van der Waals surface area contributed by atoms with E-state index in [4.69, 9.17) is 9.84 Å². The fourth-order valence-electron chi connectivity index (χ4n) is 1.72. The van der Waals surface area contributed by atoms with Crippen LogP contribution < -0.4 is 10.2 Å². The summed E-state index contributed by atoms with van der Waals surface area (Å²) in [5.41, 5.74) is 2.95. The molecular formula is C14H10Br2N4O5.